The first-order chi connectivity index (χ1) is 19.0. The number of benzene rings is 4. The minimum atomic E-state index is -3.98. The van der Waals surface area contributed by atoms with Crippen molar-refractivity contribution >= 4 is 43.0 Å². The molecule has 4 aromatic carbocycles. The van der Waals surface area contributed by atoms with Crippen LogP contribution in [0.25, 0.3) is 0 Å². The highest BCUT2D eigenvalue weighted by atomic mass is 32.2. The Balaban J connectivity index is 1.50. The summed E-state index contributed by atoms with van der Waals surface area (Å²) in [6, 6.07) is 22.9. The molecule has 0 atom stereocenters. The molecule has 3 N–H and O–H groups in total. The molecule has 208 valence electrons. The lowest BCUT2D eigenvalue weighted by molar-refractivity contribution is 0.102. The van der Waals surface area contributed by atoms with Gasteiger partial charge >= 0.3 is 0 Å². The second-order valence-corrected chi connectivity index (χ2v) is 11.9. The van der Waals surface area contributed by atoms with E-state index in [-0.39, 0.29) is 26.7 Å². The second kappa shape index (κ2) is 11.7. The van der Waals surface area contributed by atoms with Crippen LogP contribution in [0.4, 0.5) is 17.1 Å². The summed E-state index contributed by atoms with van der Waals surface area (Å²) in [4.78, 5) is 13.1. The minimum absolute atomic E-state index is 0.0381. The molecule has 0 saturated heterocycles. The Labute approximate surface area is 233 Å². The number of methoxy groups -OCH3 is 2. The van der Waals surface area contributed by atoms with Gasteiger partial charge in [0.25, 0.3) is 26.0 Å². The summed E-state index contributed by atoms with van der Waals surface area (Å²) in [5, 5.41) is 2.71. The van der Waals surface area contributed by atoms with Gasteiger partial charge in [0.15, 0.2) is 0 Å². The van der Waals surface area contributed by atoms with Crippen molar-refractivity contribution in [3.05, 3.63) is 102 Å². The van der Waals surface area contributed by atoms with Crippen molar-refractivity contribution in [1.82, 2.24) is 0 Å². The third kappa shape index (κ3) is 6.35. The normalized spacial score (nSPS) is 11.4. The summed E-state index contributed by atoms with van der Waals surface area (Å²) < 4.78 is 66.8. The van der Waals surface area contributed by atoms with Gasteiger partial charge in [-0.05, 0) is 73.2 Å². The van der Waals surface area contributed by atoms with Crippen LogP contribution in [0, 0.1) is 6.92 Å². The molecule has 0 saturated carbocycles. The molecule has 0 aliphatic heterocycles. The highest BCUT2D eigenvalue weighted by molar-refractivity contribution is 7.93. The lowest BCUT2D eigenvalue weighted by atomic mass is 10.1. The smallest absolute Gasteiger partial charge is 0.262 e. The van der Waals surface area contributed by atoms with Crippen LogP contribution in [0.3, 0.4) is 0 Å². The minimum Gasteiger partial charge on any atom is -0.497 e. The van der Waals surface area contributed by atoms with Crippen LogP contribution in [-0.4, -0.2) is 37.0 Å². The summed E-state index contributed by atoms with van der Waals surface area (Å²) in [7, 11) is -4.94. The molecule has 0 bridgehead atoms. The van der Waals surface area contributed by atoms with Crippen LogP contribution in [0.5, 0.6) is 11.5 Å². The standard InChI is InChI=1S/C28H27N3O7S2/c1-19-24(10-7-11-25(19)30-39(33,34)22-8-5-4-6-9-22)28(32)29-20-12-15-23(16-13-20)40(35,36)31-26-18-21(37-2)14-17-27(26)38-3/h4-18,30-31H,1-3H3,(H,29,32). The molecule has 0 fully saturated rings. The van der Waals surface area contributed by atoms with Gasteiger partial charge in [0.2, 0.25) is 0 Å². The maximum atomic E-state index is 13.0. The number of nitrogens with one attached hydrogen (secondary N) is 3. The van der Waals surface area contributed by atoms with Gasteiger partial charge in [-0.25, -0.2) is 16.8 Å². The lowest BCUT2D eigenvalue weighted by Gasteiger charge is -2.15. The van der Waals surface area contributed by atoms with Gasteiger partial charge in [-0.1, -0.05) is 24.3 Å². The van der Waals surface area contributed by atoms with Gasteiger partial charge in [0.1, 0.15) is 11.5 Å². The predicted molar refractivity (Wildman–Crippen MR) is 153 cm³/mol. The Morgan fingerprint density at radius 1 is 0.675 bits per heavy atom. The molecule has 0 spiro atoms. The molecule has 0 aromatic heterocycles. The maximum absolute atomic E-state index is 13.0. The van der Waals surface area contributed by atoms with Crippen molar-refractivity contribution in [2.75, 3.05) is 29.0 Å². The van der Waals surface area contributed by atoms with Gasteiger partial charge in [0, 0.05) is 17.3 Å². The van der Waals surface area contributed by atoms with Gasteiger partial charge in [-0.15, -0.1) is 0 Å². The van der Waals surface area contributed by atoms with Crippen LogP contribution in [-0.2, 0) is 20.0 Å². The van der Waals surface area contributed by atoms with Crippen molar-refractivity contribution in [3.63, 3.8) is 0 Å². The fourth-order valence-electron chi connectivity index (χ4n) is 3.81. The first-order valence-electron chi connectivity index (χ1n) is 11.9. The molecular formula is C28H27N3O7S2. The average molecular weight is 582 g/mol. The summed E-state index contributed by atoms with van der Waals surface area (Å²) in [5.41, 5.74) is 1.49. The lowest BCUT2D eigenvalue weighted by Crippen LogP contribution is -2.17. The number of ether oxygens (including phenoxy) is 2. The molecule has 0 heterocycles. The third-order valence-corrected chi connectivity index (χ3v) is 8.71. The fourth-order valence-corrected chi connectivity index (χ4v) is 6.01. The Bertz CT molecular complexity index is 1740. The largest absolute Gasteiger partial charge is 0.497 e. The van der Waals surface area contributed by atoms with Crippen LogP contribution in [0.15, 0.2) is 101 Å². The van der Waals surface area contributed by atoms with Crippen molar-refractivity contribution in [1.29, 1.82) is 0 Å². The number of anilines is 3. The molecule has 1 amide bonds. The zero-order valence-electron chi connectivity index (χ0n) is 21.8. The highest BCUT2D eigenvalue weighted by Crippen LogP contribution is 2.31. The molecule has 40 heavy (non-hydrogen) atoms. The van der Waals surface area contributed by atoms with Crippen LogP contribution < -0.4 is 24.2 Å². The molecule has 10 nitrogen and oxygen atoms in total. The average Bonchev–Trinajstić information content (AvgIpc) is 2.94. The van der Waals surface area contributed by atoms with E-state index in [1.54, 1.807) is 55.5 Å². The molecule has 0 aliphatic rings. The van der Waals surface area contributed by atoms with E-state index >= 15 is 0 Å². The number of hydrogen-bond acceptors (Lipinski definition) is 7. The molecule has 12 heteroatoms. The van der Waals surface area contributed by atoms with Gasteiger partial charge < -0.3 is 14.8 Å². The summed E-state index contributed by atoms with van der Waals surface area (Å²) in [6.07, 6.45) is 0. The molecule has 4 aromatic rings. The first kappa shape index (κ1) is 28.5. The van der Waals surface area contributed by atoms with Crippen LogP contribution in [0.2, 0.25) is 0 Å². The van der Waals surface area contributed by atoms with Crippen LogP contribution >= 0.6 is 0 Å². The number of amides is 1. The predicted octanol–water partition coefficient (Wildman–Crippen LogP) is 4.87. The van der Waals surface area contributed by atoms with E-state index < -0.39 is 26.0 Å². The number of carbonyl (C=O) groups excluding carboxylic acids is 1. The molecular weight excluding hydrogens is 554 g/mol. The SMILES string of the molecule is COc1ccc(OC)c(NS(=O)(=O)c2ccc(NC(=O)c3cccc(NS(=O)(=O)c4ccccc4)c3C)cc2)c1. The van der Waals surface area contributed by atoms with Crippen molar-refractivity contribution < 1.29 is 31.1 Å². The topological polar surface area (TPSA) is 140 Å². The van der Waals surface area contributed by atoms with Gasteiger partial charge in [-0.2, -0.15) is 0 Å². The first-order valence-corrected chi connectivity index (χ1v) is 14.8. The monoisotopic (exact) mass is 581 g/mol. The van der Waals surface area contributed by atoms with Crippen LogP contribution in [0.1, 0.15) is 15.9 Å². The third-order valence-electron chi connectivity index (χ3n) is 5.95. The van der Waals surface area contributed by atoms with E-state index in [0.717, 1.165) is 0 Å². The zero-order valence-corrected chi connectivity index (χ0v) is 23.5. The molecule has 0 aliphatic carbocycles. The highest BCUT2D eigenvalue weighted by Gasteiger charge is 2.20. The van der Waals surface area contributed by atoms with Crippen molar-refractivity contribution in [2.45, 2.75) is 16.7 Å². The maximum Gasteiger partial charge on any atom is 0.262 e. The summed E-state index contributed by atoms with van der Waals surface area (Å²) in [5.74, 6) is 0.272. The Hall–Kier alpha value is -4.55. The quantitative estimate of drug-likeness (QED) is 0.243. The Morgan fingerprint density at radius 3 is 1.93 bits per heavy atom. The number of carbonyl (C=O) groups is 1. The van der Waals surface area contributed by atoms with Crippen molar-refractivity contribution in [2.24, 2.45) is 0 Å². The molecule has 0 radical (unpaired) electrons. The Morgan fingerprint density at radius 2 is 1.30 bits per heavy atom. The Kier molecular flexibility index (Phi) is 8.31. The van der Waals surface area contributed by atoms with E-state index in [0.29, 0.717) is 22.7 Å². The summed E-state index contributed by atoms with van der Waals surface area (Å²) >= 11 is 0. The molecule has 0 unspecified atom stereocenters. The summed E-state index contributed by atoms with van der Waals surface area (Å²) in [6.45, 7) is 1.63. The van der Waals surface area contributed by atoms with Crippen molar-refractivity contribution in [3.8, 4) is 11.5 Å². The number of rotatable bonds is 10. The second-order valence-electron chi connectivity index (χ2n) is 8.55. The fraction of sp³-hybridized carbons (Fsp3) is 0.107. The van der Waals surface area contributed by atoms with E-state index in [2.05, 4.69) is 14.8 Å². The van der Waals surface area contributed by atoms with E-state index in [1.807, 2.05) is 0 Å². The van der Waals surface area contributed by atoms with E-state index in [9.17, 15) is 21.6 Å². The zero-order chi connectivity index (χ0) is 28.9. The van der Waals surface area contributed by atoms with E-state index in [1.165, 1.54) is 56.7 Å². The number of hydrogen-bond donors (Lipinski definition) is 3. The van der Waals surface area contributed by atoms with Gasteiger partial charge in [0.05, 0.1) is 35.4 Å². The molecule has 4 rings (SSSR count). The number of sulfonamides is 2. The van der Waals surface area contributed by atoms with E-state index in [4.69, 9.17) is 9.47 Å². The van der Waals surface area contributed by atoms with Gasteiger partial charge in [-0.3, -0.25) is 14.2 Å².